The summed E-state index contributed by atoms with van der Waals surface area (Å²) in [6.07, 6.45) is 21.0. The van der Waals surface area contributed by atoms with Gasteiger partial charge in [-0.1, -0.05) is 90.6 Å². The monoisotopic (exact) mass is 578 g/mol. The second-order valence-electron chi connectivity index (χ2n) is 11.6. The molecular weight excluding hydrogens is 551 g/mol. The lowest BCUT2D eigenvalue weighted by Crippen LogP contribution is -2.36. The van der Waals surface area contributed by atoms with Crippen molar-refractivity contribution in [3.63, 3.8) is 0 Å². The Balaban J connectivity index is 1.49. The Kier molecular flexibility index (Phi) is 5.32. The molecule has 0 amide bonds. The highest BCUT2D eigenvalue weighted by Gasteiger charge is 2.47. The first-order valence-electron chi connectivity index (χ1n) is 13.2. The summed E-state index contributed by atoms with van der Waals surface area (Å²) >= 11 is 0. The Bertz CT molecular complexity index is 1950. The van der Waals surface area contributed by atoms with Crippen molar-refractivity contribution in [2.75, 3.05) is 0 Å². The summed E-state index contributed by atoms with van der Waals surface area (Å²) in [5.41, 5.74) is 8.72. The van der Waals surface area contributed by atoms with E-state index in [2.05, 4.69) is 92.0 Å². The first-order valence-corrected chi connectivity index (χ1v) is 19.5. The Labute approximate surface area is 233 Å². The van der Waals surface area contributed by atoms with Crippen molar-refractivity contribution in [3.8, 4) is 30.4 Å². The Morgan fingerprint density at radius 2 is 1.85 bits per heavy atom. The van der Waals surface area contributed by atoms with Crippen LogP contribution in [0.15, 0.2) is 93.3 Å². The maximum Gasteiger partial charge on any atom is 0.567 e. The third kappa shape index (κ3) is 3.46. The zero-order chi connectivity index (χ0) is 26.6. The van der Waals surface area contributed by atoms with Gasteiger partial charge in [0, 0.05) is 29.7 Å². The summed E-state index contributed by atoms with van der Waals surface area (Å²) in [5.74, 6) is 19.1. The average Bonchev–Trinajstić information content (AvgIpc) is 2.95. The minimum Gasteiger partial charge on any atom is -0.532 e. The van der Waals surface area contributed by atoms with Gasteiger partial charge < -0.3 is 9.10 Å². The predicted octanol–water partition coefficient (Wildman–Crippen LogP) is 7.23. The maximum absolute atomic E-state index is 6.76. The van der Waals surface area contributed by atoms with E-state index in [1.54, 1.807) is 5.03 Å². The number of terminal acetylenes is 2. The molecule has 0 aromatic heterocycles. The van der Waals surface area contributed by atoms with Crippen LogP contribution in [0.2, 0.25) is 0 Å². The molecule has 7 aliphatic heterocycles. The molecule has 7 aliphatic rings. The Hall–Kier alpha value is -2.46. The summed E-state index contributed by atoms with van der Waals surface area (Å²) in [6.45, 7) is 7.02. The van der Waals surface area contributed by atoms with E-state index in [0.717, 1.165) is 22.4 Å². The van der Waals surface area contributed by atoms with Gasteiger partial charge in [-0.3, -0.25) is 0 Å². The number of fused-ring (bicyclic) bond motifs is 4. The van der Waals surface area contributed by atoms with E-state index in [1.807, 2.05) is 12.1 Å². The summed E-state index contributed by atoms with van der Waals surface area (Å²) in [6, 6.07) is 6.13. The van der Waals surface area contributed by atoms with Crippen LogP contribution in [-0.2, 0) is 4.44 Å². The van der Waals surface area contributed by atoms with Crippen LogP contribution in [0.3, 0.4) is 0 Å². The fourth-order valence-electron chi connectivity index (χ4n) is 6.46. The zero-order valence-corrected chi connectivity index (χ0v) is 26.0. The number of hydrogen-bond acceptors (Lipinski definition) is 2. The van der Waals surface area contributed by atoms with E-state index in [0.29, 0.717) is 0 Å². The zero-order valence-electron chi connectivity index (χ0n) is 22.0. The van der Waals surface area contributed by atoms with Gasteiger partial charge in [0.1, 0.15) is 5.75 Å². The van der Waals surface area contributed by atoms with Crippen LogP contribution in [0.4, 0.5) is 0 Å². The van der Waals surface area contributed by atoms with Crippen LogP contribution in [0.5, 0.6) is 5.75 Å². The van der Waals surface area contributed by atoms with Crippen LogP contribution >= 0.6 is 30.4 Å². The van der Waals surface area contributed by atoms with Crippen LogP contribution < -0.4 is 4.65 Å². The lowest BCUT2D eigenvalue weighted by Gasteiger charge is -2.43. The van der Waals surface area contributed by atoms with Crippen molar-refractivity contribution in [2.24, 2.45) is 5.41 Å². The first kappa shape index (κ1) is 24.4. The molecule has 0 aliphatic carbocycles. The van der Waals surface area contributed by atoms with E-state index < -0.39 is 30.4 Å². The molecule has 0 radical (unpaired) electrons. The molecule has 8 rings (SSSR count). The molecule has 190 valence electrons. The first-order chi connectivity index (χ1) is 18.9. The third-order valence-corrected chi connectivity index (χ3v) is 19.8. The molecule has 0 fully saturated rings. The van der Waals surface area contributed by atoms with Gasteiger partial charge in [0.25, 0.3) is 0 Å². The number of allylic oxidation sites excluding steroid dienone is 9. The quantitative estimate of drug-likeness (QED) is 0.184. The standard InChI is InChI=1S/C32H27BO2P4/c1-6-20-8-9-25-24(16-20)28-23-11-13-36-18-22(32(3,4)5)19-37-14-12-26(29(23)31(36)37)39-27-17-21(7-2)10-15-38(27)35-33(34-25)30(28)39/h1-2,8-19,36-39H,3-5H3. The maximum atomic E-state index is 6.76. The van der Waals surface area contributed by atoms with Gasteiger partial charge in [-0.05, 0) is 79.2 Å². The van der Waals surface area contributed by atoms with Gasteiger partial charge in [-0.2, -0.15) is 0 Å². The van der Waals surface area contributed by atoms with Gasteiger partial charge in [-0.15, -0.1) is 12.8 Å². The smallest absolute Gasteiger partial charge is 0.532 e. The third-order valence-electron chi connectivity index (χ3n) is 8.33. The lowest BCUT2D eigenvalue weighted by molar-refractivity contribution is 0.462. The van der Waals surface area contributed by atoms with E-state index in [9.17, 15) is 0 Å². The van der Waals surface area contributed by atoms with Crippen molar-refractivity contribution >= 4 is 64.3 Å². The molecule has 4 unspecified atom stereocenters. The summed E-state index contributed by atoms with van der Waals surface area (Å²) in [7, 11) is -4.92. The molecule has 0 N–H and O–H groups in total. The highest BCUT2D eigenvalue weighted by molar-refractivity contribution is 7.97. The van der Waals surface area contributed by atoms with Crippen LogP contribution in [0, 0.1) is 30.1 Å². The number of rotatable bonds is 0. The van der Waals surface area contributed by atoms with E-state index in [1.165, 1.54) is 37.8 Å². The van der Waals surface area contributed by atoms with E-state index in [-0.39, 0.29) is 12.5 Å². The minimum atomic E-state index is -1.37. The molecule has 7 heterocycles. The van der Waals surface area contributed by atoms with E-state index >= 15 is 0 Å². The molecule has 39 heavy (non-hydrogen) atoms. The molecule has 0 bridgehead atoms. The molecular formula is C32H27BO2P4. The normalized spacial score (nSPS) is 28.7. The number of benzene rings is 1. The van der Waals surface area contributed by atoms with Crippen molar-refractivity contribution in [1.29, 1.82) is 0 Å². The molecule has 2 nitrogen and oxygen atoms in total. The molecule has 4 atom stereocenters. The van der Waals surface area contributed by atoms with Gasteiger partial charge in [0.15, 0.2) is 0 Å². The van der Waals surface area contributed by atoms with Crippen LogP contribution in [-0.4, -0.2) is 28.3 Å². The lowest BCUT2D eigenvalue weighted by atomic mass is 9.77. The van der Waals surface area contributed by atoms with Gasteiger partial charge in [0.2, 0.25) is 0 Å². The minimum absolute atomic E-state index is 0.160. The fourth-order valence-corrected chi connectivity index (χ4v) is 20.2. The summed E-state index contributed by atoms with van der Waals surface area (Å²) < 4.78 is 13.4. The van der Waals surface area contributed by atoms with E-state index in [4.69, 9.17) is 21.9 Å². The van der Waals surface area contributed by atoms with Gasteiger partial charge in [0.05, 0.1) is 0 Å². The second kappa shape index (κ2) is 8.52. The molecule has 0 saturated heterocycles. The van der Waals surface area contributed by atoms with Crippen LogP contribution in [0.1, 0.15) is 31.9 Å². The molecule has 0 spiro atoms. The predicted molar refractivity (Wildman–Crippen MR) is 182 cm³/mol. The molecule has 1 aromatic carbocycles. The van der Waals surface area contributed by atoms with Crippen molar-refractivity contribution in [2.45, 2.75) is 20.8 Å². The van der Waals surface area contributed by atoms with Crippen molar-refractivity contribution in [1.82, 2.24) is 0 Å². The average molecular weight is 578 g/mol. The Morgan fingerprint density at radius 1 is 0.974 bits per heavy atom. The summed E-state index contributed by atoms with van der Waals surface area (Å²) in [4.78, 5) is 0. The SMILES string of the molecule is C#CC1=CC2=[PH](C=C1)OB1Oc3ccc(C#C)cc3C3=C1[PH]2=C1C=C[PH]2=C4C1=C3C=C[PH]4=CC(C(C)(C)C)=C2. The highest BCUT2D eigenvalue weighted by atomic mass is 31.2. The van der Waals surface area contributed by atoms with Gasteiger partial charge in [-0.25, -0.2) is 0 Å². The number of hydrogen-bond donors (Lipinski definition) is 0. The Morgan fingerprint density at radius 3 is 2.64 bits per heavy atom. The molecule has 7 heteroatoms. The molecule has 1 aromatic rings. The van der Waals surface area contributed by atoms with Crippen LogP contribution in [0.25, 0.3) is 5.57 Å². The van der Waals surface area contributed by atoms with Crippen molar-refractivity contribution < 1.29 is 9.10 Å². The van der Waals surface area contributed by atoms with Crippen molar-refractivity contribution in [3.05, 3.63) is 104 Å². The highest BCUT2D eigenvalue weighted by Crippen LogP contribution is 2.66. The molecule has 0 saturated carbocycles. The largest absolute Gasteiger partial charge is 0.567 e. The van der Waals surface area contributed by atoms with Gasteiger partial charge >= 0.3 is 7.12 Å². The second-order valence-corrected chi connectivity index (χ2v) is 20.9. The fraction of sp³-hybridized carbons (Fsp3) is 0.125. The topological polar surface area (TPSA) is 18.5 Å². The summed E-state index contributed by atoms with van der Waals surface area (Å²) in [5, 5.41) is 5.91.